The monoisotopic (exact) mass is 280 g/mol. The van der Waals surface area contributed by atoms with E-state index in [0.717, 1.165) is 5.75 Å². The average molecular weight is 280 g/mol. The molecule has 5 nitrogen and oxygen atoms in total. The Morgan fingerprint density at radius 3 is 2.65 bits per heavy atom. The molecule has 1 aromatic carbocycles. The van der Waals surface area contributed by atoms with Gasteiger partial charge < -0.3 is 18.9 Å². The number of carbonyl (C=O) groups is 1. The van der Waals surface area contributed by atoms with Crippen LogP contribution in [0.15, 0.2) is 30.3 Å². The number of esters is 1. The highest BCUT2D eigenvalue weighted by Gasteiger charge is 2.40. The molecule has 1 aliphatic rings. The number of hydrogen-bond donors (Lipinski definition) is 0. The number of benzene rings is 1. The molecule has 0 N–H and O–H groups in total. The van der Waals surface area contributed by atoms with Crippen LogP contribution >= 0.6 is 0 Å². The van der Waals surface area contributed by atoms with Crippen LogP contribution in [0.25, 0.3) is 0 Å². The van der Waals surface area contributed by atoms with Crippen molar-refractivity contribution >= 4 is 5.97 Å². The molecule has 0 radical (unpaired) electrons. The molecule has 110 valence electrons. The number of carbonyl (C=O) groups excluding carboxylic acids is 1. The lowest BCUT2D eigenvalue weighted by Crippen LogP contribution is -2.29. The fourth-order valence-electron chi connectivity index (χ4n) is 2.36. The zero-order valence-electron chi connectivity index (χ0n) is 11.8. The van der Waals surface area contributed by atoms with Gasteiger partial charge in [0.05, 0.1) is 31.8 Å². The largest absolute Gasteiger partial charge is 0.491 e. The summed E-state index contributed by atoms with van der Waals surface area (Å²) < 4.78 is 21.4. The van der Waals surface area contributed by atoms with Crippen LogP contribution in [-0.4, -0.2) is 45.6 Å². The van der Waals surface area contributed by atoms with E-state index in [1.54, 1.807) is 7.11 Å². The minimum Gasteiger partial charge on any atom is -0.491 e. The van der Waals surface area contributed by atoms with E-state index in [9.17, 15) is 4.79 Å². The van der Waals surface area contributed by atoms with Crippen LogP contribution in [0.1, 0.15) is 6.42 Å². The highest BCUT2D eigenvalue weighted by Crippen LogP contribution is 2.28. The van der Waals surface area contributed by atoms with Gasteiger partial charge >= 0.3 is 5.97 Å². The Labute approximate surface area is 118 Å². The molecule has 1 heterocycles. The molecule has 1 saturated heterocycles. The van der Waals surface area contributed by atoms with Crippen LogP contribution in [0.2, 0.25) is 0 Å². The van der Waals surface area contributed by atoms with Gasteiger partial charge in [0.15, 0.2) is 0 Å². The van der Waals surface area contributed by atoms with Gasteiger partial charge in [-0.05, 0) is 18.6 Å². The van der Waals surface area contributed by atoms with E-state index < -0.39 is 0 Å². The second-order valence-corrected chi connectivity index (χ2v) is 4.74. The molecule has 0 aromatic heterocycles. The van der Waals surface area contributed by atoms with Crippen molar-refractivity contribution in [3.8, 4) is 5.75 Å². The normalized spacial score (nSPS) is 25.4. The van der Waals surface area contributed by atoms with Gasteiger partial charge in [0.25, 0.3) is 0 Å². The molecule has 1 aliphatic heterocycles. The maximum atomic E-state index is 11.7. The van der Waals surface area contributed by atoms with E-state index in [0.29, 0.717) is 19.6 Å². The van der Waals surface area contributed by atoms with Gasteiger partial charge in [-0.3, -0.25) is 4.79 Å². The van der Waals surface area contributed by atoms with E-state index in [1.165, 1.54) is 7.11 Å². The molecule has 1 fully saturated rings. The number of hydrogen-bond acceptors (Lipinski definition) is 5. The predicted molar refractivity (Wildman–Crippen MR) is 72.6 cm³/mol. The van der Waals surface area contributed by atoms with Crippen LogP contribution in [0.3, 0.4) is 0 Å². The maximum Gasteiger partial charge on any atom is 0.311 e. The third-order valence-electron chi connectivity index (χ3n) is 3.35. The molecule has 2 rings (SSSR count). The lowest BCUT2D eigenvalue weighted by molar-refractivity contribution is -0.148. The Hall–Kier alpha value is -1.59. The first-order valence-corrected chi connectivity index (χ1v) is 6.64. The SMILES string of the molecule is COC[C@@H]1O[C@H](COc2ccccc2)C[C@@H]1C(=O)OC. The fourth-order valence-corrected chi connectivity index (χ4v) is 2.36. The van der Waals surface area contributed by atoms with Crippen LogP contribution in [0, 0.1) is 5.92 Å². The second-order valence-electron chi connectivity index (χ2n) is 4.74. The summed E-state index contributed by atoms with van der Waals surface area (Å²) in [6.45, 7) is 0.791. The standard InChI is InChI=1S/C15H20O5/c1-17-10-14-13(15(16)18-2)8-12(20-14)9-19-11-6-4-3-5-7-11/h3-7,12-14H,8-10H2,1-2H3/t12-,13-,14-/m0/s1. The fraction of sp³-hybridized carbons (Fsp3) is 0.533. The van der Waals surface area contributed by atoms with Crippen molar-refractivity contribution in [3.63, 3.8) is 0 Å². The maximum absolute atomic E-state index is 11.7. The lowest BCUT2D eigenvalue weighted by atomic mass is 10.00. The summed E-state index contributed by atoms with van der Waals surface area (Å²) >= 11 is 0. The van der Waals surface area contributed by atoms with Crippen LogP contribution in [-0.2, 0) is 19.0 Å². The Morgan fingerprint density at radius 1 is 1.25 bits per heavy atom. The first-order chi connectivity index (χ1) is 9.74. The highest BCUT2D eigenvalue weighted by molar-refractivity contribution is 5.73. The summed E-state index contributed by atoms with van der Waals surface area (Å²) in [5, 5.41) is 0. The van der Waals surface area contributed by atoms with Crippen LogP contribution in [0.4, 0.5) is 0 Å². The molecule has 1 aromatic rings. The van der Waals surface area contributed by atoms with Crippen molar-refractivity contribution in [2.24, 2.45) is 5.92 Å². The topological polar surface area (TPSA) is 54.0 Å². The first kappa shape index (κ1) is 14.8. The molecule has 3 atom stereocenters. The van der Waals surface area contributed by atoms with E-state index in [-0.39, 0.29) is 24.1 Å². The molecule has 0 unspecified atom stereocenters. The average Bonchev–Trinajstić information content (AvgIpc) is 2.89. The summed E-state index contributed by atoms with van der Waals surface area (Å²) in [4.78, 5) is 11.7. The lowest BCUT2D eigenvalue weighted by Gasteiger charge is -2.15. The highest BCUT2D eigenvalue weighted by atomic mass is 16.6. The van der Waals surface area contributed by atoms with E-state index in [4.69, 9.17) is 18.9 Å². The predicted octanol–water partition coefficient (Wildman–Crippen LogP) is 1.66. The molecule has 0 saturated carbocycles. The van der Waals surface area contributed by atoms with Gasteiger partial charge in [0.1, 0.15) is 12.4 Å². The van der Waals surface area contributed by atoms with E-state index in [2.05, 4.69) is 0 Å². The molecule has 20 heavy (non-hydrogen) atoms. The summed E-state index contributed by atoms with van der Waals surface area (Å²) in [6, 6.07) is 9.53. The van der Waals surface area contributed by atoms with Gasteiger partial charge in [0, 0.05) is 7.11 Å². The Kier molecular flexibility index (Phi) is 5.38. The van der Waals surface area contributed by atoms with Gasteiger partial charge in [-0.1, -0.05) is 18.2 Å². The quantitative estimate of drug-likeness (QED) is 0.742. The molecule has 0 amide bonds. The third kappa shape index (κ3) is 3.71. The van der Waals surface area contributed by atoms with Gasteiger partial charge in [-0.15, -0.1) is 0 Å². The third-order valence-corrected chi connectivity index (χ3v) is 3.35. The zero-order valence-corrected chi connectivity index (χ0v) is 11.8. The zero-order chi connectivity index (χ0) is 14.4. The number of rotatable bonds is 6. The molecule has 0 bridgehead atoms. The summed E-state index contributed by atoms with van der Waals surface area (Å²) in [6.07, 6.45) is 0.198. The van der Waals surface area contributed by atoms with Crippen molar-refractivity contribution in [1.82, 2.24) is 0 Å². The Bertz CT molecular complexity index is 420. The summed E-state index contributed by atoms with van der Waals surface area (Å²) in [5.41, 5.74) is 0. The van der Waals surface area contributed by atoms with Crippen LogP contribution < -0.4 is 4.74 Å². The molecule has 0 aliphatic carbocycles. The number of ether oxygens (including phenoxy) is 4. The van der Waals surface area contributed by atoms with Crippen molar-refractivity contribution in [2.45, 2.75) is 18.6 Å². The van der Waals surface area contributed by atoms with Gasteiger partial charge in [-0.25, -0.2) is 0 Å². The van der Waals surface area contributed by atoms with Crippen molar-refractivity contribution < 1.29 is 23.7 Å². The van der Waals surface area contributed by atoms with Gasteiger partial charge in [-0.2, -0.15) is 0 Å². The second kappa shape index (κ2) is 7.26. The van der Waals surface area contributed by atoms with Gasteiger partial charge in [0.2, 0.25) is 0 Å². The molecule has 0 spiro atoms. The number of methoxy groups -OCH3 is 2. The smallest absolute Gasteiger partial charge is 0.311 e. The summed E-state index contributed by atoms with van der Waals surface area (Å²) in [7, 11) is 2.98. The van der Waals surface area contributed by atoms with E-state index >= 15 is 0 Å². The Balaban J connectivity index is 1.89. The van der Waals surface area contributed by atoms with Crippen molar-refractivity contribution in [3.05, 3.63) is 30.3 Å². The Morgan fingerprint density at radius 2 is 2.00 bits per heavy atom. The van der Waals surface area contributed by atoms with Crippen molar-refractivity contribution in [2.75, 3.05) is 27.4 Å². The first-order valence-electron chi connectivity index (χ1n) is 6.64. The number of para-hydroxylation sites is 1. The minimum atomic E-state index is -0.288. The van der Waals surface area contributed by atoms with Crippen molar-refractivity contribution in [1.29, 1.82) is 0 Å². The summed E-state index contributed by atoms with van der Waals surface area (Å²) in [5.74, 6) is 0.250. The van der Waals surface area contributed by atoms with E-state index in [1.807, 2.05) is 30.3 Å². The van der Waals surface area contributed by atoms with Crippen LogP contribution in [0.5, 0.6) is 5.75 Å². The molecular weight excluding hydrogens is 260 g/mol. The molecular formula is C15H20O5. The minimum absolute atomic E-state index is 0.126. The molecule has 5 heteroatoms.